The summed E-state index contributed by atoms with van der Waals surface area (Å²) < 4.78 is 18.3. The van der Waals surface area contributed by atoms with Crippen LogP contribution in [0.3, 0.4) is 0 Å². The van der Waals surface area contributed by atoms with Crippen molar-refractivity contribution >= 4 is 28.6 Å². The Morgan fingerprint density at radius 1 is 0.943 bits per heavy atom. The van der Waals surface area contributed by atoms with Gasteiger partial charge in [0.25, 0.3) is 5.91 Å². The molecular weight excluding hydrogens is 444 g/mol. The highest BCUT2D eigenvalue weighted by Crippen LogP contribution is 2.41. The zero-order chi connectivity index (χ0) is 24.5. The van der Waals surface area contributed by atoms with E-state index in [0.29, 0.717) is 28.7 Å². The Kier molecular flexibility index (Phi) is 5.78. The van der Waals surface area contributed by atoms with Crippen LogP contribution in [0.5, 0.6) is 17.2 Å². The quantitative estimate of drug-likeness (QED) is 0.413. The van der Waals surface area contributed by atoms with E-state index < -0.39 is 6.04 Å². The van der Waals surface area contributed by atoms with E-state index in [1.165, 1.54) is 0 Å². The van der Waals surface area contributed by atoms with Gasteiger partial charge in [0, 0.05) is 11.4 Å². The van der Waals surface area contributed by atoms with Crippen LogP contribution in [0.15, 0.2) is 78.0 Å². The Morgan fingerprint density at radius 2 is 1.69 bits per heavy atom. The van der Waals surface area contributed by atoms with E-state index in [1.807, 2.05) is 78.2 Å². The van der Waals surface area contributed by atoms with Crippen molar-refractivity contribution in [1.82, 2.24) is 9.55 Å². The molecule has 2 N–H and O–H groups in total. The van der Waals surface area contributed by atoms with Crippen molar-refractivity contribution in [3.05, 3.63) is 83.6 Å². The number of hydrogen-bond acceptors (Lipinski definition) is 6. The molecule has 8 heteroatoms. The smallest absolute Gasteiger partial charge is 0.255 e. The van der Waals surface area contributed by atoms with E-state index in [9.17, 15) is 4.79 Å². The van der Waals surface area contributed by atoms with Crippen LogP contribution in [0.25, 0.3) is 11.0 Å². The molecule has 0 aliphatic carbocycles. The van der Waals surface area contributed by atoms with Crippen molar-refractivity contribution in [2.24, 2.45) is 0 Å². The highest BCUT2D eigenvalue weighted by Gasteiger charge is 2.34. The molecule has 0 bridgehead atoms. The van der Waals surface area contributed by atoms with Gasteiger partial charge in [-0.3, -0.25) is 9.36 Å². The van der Waals surface area contributed by atoms with E-state index in [1.54, 1.807) is 21.3 Å². The Hall–Kier alpha value is -4.46. The summed E-state index contributed by atoms with van der Waals surface area (Å²) in [4.78, 5) is 18.5. The fourth-order valence-corrected chi connectivity index (χ4v) is 4.47. The van der Waals surface area contributed by atoms with Gasteiger partial charge in [-0.15, -0.1) is 0 Å². The number of benzene rings is 3. The first kappa shape index (κ1) is 22.3. The molecule has 1 atom stereocenters. The van der Waals surface area contributed by atoms with Gasteiger partial charge in [-0.1, -0.05) is 18.2 Å². The van der Waals surface area contributed by atoms with Gasteiger partial charge in [-0.05, 0) is 61.0 Å². The molecule has 1 aliphatic heterocycles. The number of carbonyl (C=O) groups excluding carboxylic acids is 1. The van der Waals surface area contributed by atoms with E-state index in [0.717, 1.165) is 28.0 Å². The van der Waals surface area contributed by atoms with Crippen LogP contribution in [0.4, 0.5) is 11.6 Å². The normalized spacial score (nSPS) is 14.8. The van der Waals surface area contributed by atoms with Crippen LogP contribution < -0.4 is 24.8 Å². The Bertz CT molecular complexity index is 1440. The Balaban J connectivity index is 1.65. The lowest BCUT2D eigenvalue weighted by molar-refractivity contribution is -0.113. The molecule has 35 heavy (non-hydrogen) atoms. The number of aromatic nitrogens is 2. The number of rotatable bonds is 6. The molecule has 2 heterocycles. The van der Waals surface area contributed by atoms with E-state index in [4.69, 9.17) is 19.2 Å². The number of imidazole rings is 1. The molecule has 178 valence electrons. The van der Waals surface area contributed by atoms with Gasteiger partial charge in [0.1, 0.15) is 5.75 Å². The number of anilines is 2. The van der Waals surface area contributed by atoms with Crippen molar-refractivity contribution in [1.29, 1.82) is 0 Å². The Morgan fingerprint density at radius 3 is 2.40 bits per heavy atom. The zero-order valence-corrected chi connectivity index (χ0v) is 20.0. The second-order valence-corrected chi connectivity index (χ2v) is 8.16. The molecular formula is C27H26N4O4. The molecule has 0 saturated carbocycles. The van der Waals surface area contributed by atoms with Gasteiger partial charge in [-0.2, -0.15) is 0 Å². The summed E-state index contributed by atoms with van der Waals surface area (Å²) in [6.07, 6.45) is 0. The number of ether oxygens (including phenoxy) is 3. The number of methoxy groups -OCH3 is 3. The van der Waals surface area contributed by atoms with E-state index in [2.05, 4.69) is 10.6 Å². The number of amides is 1. The van der Waals surface area contributed by atoms with Crippen molar-refractivity contribution in [2.75, 3.05) is 32.0 Å². The standard InChI is InChI=1S/C27H26N4O4/c1-16-24(26(32)29-18-10-12-19(33-2)13-11-18)25(17-9-14-22(34-3)23(15-17)35-4)31-21-8-6-5-7-20(21)30-27(31)28-16/h5-15,25H,1-4H3,(H,28,30)(H,29,32)/t25-/m1/s1. The summed E-state index contributed by atoms with van der Waals surface area (Å²) >= 11 is 0. The van der Waals surface area contributed by atoms with Crippen molar-refractivity contribution in [3.63, 3.8) is 0 Å². The zero-order valence-electron chi connectivity index (χ0n) is 20.0. The van der Waals surface area contributed by atoms with Crippen LogP contribution in [0, 0.1) is 0 Å². The molecule has 0 unspecified atom stereocenters. The molecule has 8 nitrogen and oxygen atoms in total. The summed E-state index contributed by atoms with van der Waals surface area (Å²) in [6.45, 7) is 1.89. The van der Waals surface area contributed by atoms with Gasteiger partial charge >= 0.3 is 0 Å². The number of hydrogen-bond donors (Lipinski definition) is 2. The number of nitrogens with one attached hydrogen (secondary N) is 2. The van der Waals surface area contributed by atoms with E-state index >= 15 is 0 Å². The third-order valence-electron chi connectivity index (χ3n) is 6.15. The van der Waals surface area contributed by atoms with Crippen LogP contribution in [0.2, 0.25) is 0 Å². The van der Waals surface area contributed by atoms with Crippen molar-refractivity contribution in [2.45, 2.75) is 13.0 Å². The minimum absolute atomic E-state index is 0.219. The fourth-order valence-electron chi connectivity index (χ4n) is 4.47. The summed E-state index contributed by atoms with van der Waals surface area (Å²) in [6, 6.07) is 20.4. The first-order valence-electron chi connectivity index (χ1n) is 11.2. The van der Waals surface area contributed by atoms with Gasteiger partial charge in [0.2, 0.25) is 5.95 Å². The monoisotopic (exact) mass is 470 g/mol. The van der Waals surface area contributed by atoms with Gasteiger partial charge in [-0.25, -0.2) is 4.98 Å². The topological polar surface area (TPSA) is 86.6 Å². The first-order valence-corrected chi connectivity index (χ1v) is 11.2. The maximum atomic E-state index is 13.7. The summed E-state index contributed by atoms with van der Waals surface area (Å²) in [5.74, 6) is 2.37. The van der Waals surface area contributed by atoms with Gasteiger partial charge < -0.3 is 24.8 Å². The molecule has 1 aromatic heterocycles. The molecule has 0 radical (unpaired) electrons. The molecule has 4 aromatic rings. The number of para-hydroxylation sites is 2. The first-order chi connectivity index (χ1) is 17.0. The number of allylic oxidation sites excluding steroid dienone is 1. The summed E-state index contributed by atoms with van der Waals surface area (Å²) in [5, 5.41) is 6.36. The summed E-state index contributed by atoms with van der Waals surface area (Å²) in [5.41, 5.74) is 4.58. The average molecular weight is 471 g/mol. The lowest BCUT2D eigenvalue weighted by atomic mass is 9.94. The van der Waals surface area contributed by atoms with Crippen LogP contribution in [0.1, 0.15) is 18.5 Å². The predicted octanol–water partition coefficient (Wildman–Crippen LogP) is 4.99. The highest BCUT2D eigenvalue weighted by molar-refractivity contribution is 6.06. The van der Waals surface area contributed by atoms with Gasteiger partial charge in [0.05, 0.1) is 44.0 Å². The van der Waals surface area contributed by atoms with Crippen LogP contribution in [-0.2, 0) is 4.79 Å². The molecule has 5 rings (SSSR count). The number of carbonyl (C=O) groups is 1. The second kappa shape index (κ2) is 9.06. The predicted molar refractivity (Wildman–Crippen MR) is 135 cm³/mol. The lowest BCUT2D eigenvalue weighted by Gasteiger charge is -2.31. The SMILES string of the molecule is COc1ccc(NC(=O)C2=C(C)Nc3nc4ccccc4n3[C@@H]2c2ccc(OC)c(OC)c2)cc1. The third kappa shape index (κ3) is 3.93. The van der Waals surface area contributed by atoms with Crippen LogP contribution in [-0.4, -0.2) is 36.8 Å². The average Bonchev–Trinajstić information content (AvgIpc) is 3.25. The highest BCUT2D eigenvalue weighted by atomic mass is 16.5. The van der Waals surface area contributed by atoms with Crippen molar-refractivity contribution < 1.29 is 19.0 Å². The second-order valence-electron chi connectivity index (χ2n) is 8.16. The Labute approximate surface area is 203 Å². The molecule has 0 spiro atoms. The fraction of sp³-hybridized carbons (Fsp3) is 0.185. The van der Waals surface area contributed by atoms with E-state index in [-0.39, 0.29) is 5.91 Å². The minimum Gasteiger partial charge on any atom is -0.497 e. The maximum absolute atomic E-state index is 13.7. The maximum Gasteiger partial charge on any atom is 0.255 e. The molecule has 1 amide bonds. The summed E-state index contributed by atoms with van der Waals surface area (Å²) in [7, 11) is 4.80. The minimum atomic E-state index is -0.447. The molecule has 0 saturated heterocycles. The third-order valence-corrected chi connectivity index (χ3v) is 6.15. The van der Waals surface area contributed by atoms with Crippen molar-refractivity contribution in [3.8, 4) is 17.2 Å². The lowest BCUT2D eigenvalue weighted by Crippen LogP contribution is -2.31. The molecule has 3 aromatic carbocycles. The molecule has 0 fully saturated rings. The van der Waals surface area contributed by atoms with Crippen LogP contribution >= 0.6 is 0 Å². The largest absolute Gasteiger partial charge is 0.497 e. The molecule has 1 aliphatic rings. The van der Waals surface area contributed by atoms with Gasteiger partial charge in [0.15, 0.2) is 11.5 Å². The number of fused-ring (bicyclic) bond motifs is 3. The number of nitrogens with zero attached hydrogens (tertiary/aromatic N) is 2.